The first-order valence-electron chi connectivity index (χ1n) is 5.84. The molecule has 1 saturated carbocycles. The molecule has 4 heteroatoms. The minimum absolute atomic E-state index is 0.0618. The summed E-state index contributed by atoms with van der Waals surface area (Å²) < 4.78 is 0. The Balaban J connectivity index is 1.95. The molecule has 15 heavy (non-hydrogen) atoms. The number of aliphatic hydroxyl groups is 1. The van der Waals surface area contributed by atoms with E-state index in [1.165, 1.54) is 12.8 Å². The van der Waals surface area contributed by atoms with Gasteiger partial charge in [0.25, 0.3) is 0 Å². The van der Waals surface area contributed by atoms with Gasteiger partial charge in [0.1, 0.15) is 0 Å². The van der Waals surface area contributed by atoms with E-state index in [0.29, 0.717) is 13.0 Å². The smallest absolute Gasteiger partial charge is 0.238 e. The number of hydrogen-bond donors (Lipinski definition) is 2. The summed E-state index contributed by atoms with van der Waals surface area (Å²) in [6.45, 7) is 2.71. The minimum atomic E-state index is 0.0618. The summed E-state index contributed by atoms with van der Waals surface area (Å²) in [5.41, 5.74) is 3.42. The first-order valence-corrected chi connectivity index (χ1v) is 5.84. The molecule has 1 heterocycles. The van der Waals surface area contributed by atoms with Gasteiger partial charge < -0.3 is 5.11 Å². The first-order chi connectivity index (χ1) is 7.15. The van der Waals surface area contributed by atoms with Crippen molar-refractivity contribution in [2.24, 2.45) is 5.92 Å². The van der Waals surface area contributed by atoms with Gasteiger partial charge in [-0.1, -0.05) is 19.8 Å². The van der Waals surface area contributed by atoms with Crippen LogP contribution in [0.4, 0.5) is 0 Å². The van der Waals surface area contributed by atoms with Gasteiger partial charge >= 0.3 is 0 Å². The van der Waals surface area contributed by atoms with Crippen molar-refractivity contribution in [1.29, 1.82) is 0 Å². The van der Waals surface area contributed by atoms with Gasteiger partial charge in [0, 0.05) is 25.1 Å². The van der Waals surface area contributed by atoms with Crippen molar-refractivity contribution >= 4 is 5.91 Å². The number of nitrogens with zero attached hydrogens (tertiary/aromatic N) is 1. The Morgan fingerprint density at radius 2 is 2.20 bits per heavy atom. The molecule has 0 aromatic carbocycles. The summed E-state index contributed by atoms with van der Waals surface area (Å²) in [5, 5.41) is 10.7. The molecule has 1 saturated heterocycles. The predicted molar refractivity (Wildman–Crippen MR) is 56.9 cm³/mol. The van der Waals surface area contributed by atoms with Crippen LogP contribution >= 0.6 is 0 Å². The summed E-state index contributed by atoms with van der Waals surface area (Å²) in [4.78, 5) is 11.8. The van der Waals surface area contributed by atoms with Gasteiger partial charge in [0.05, 0.1) is 0 Å². The summed E-state index contributed by atoms with van der Waals surface area (Å²) in [5.74, 6) is 0.343. The van der Waals surface area contributed by atoms with Crippen LogP contribution in [-0.4, -0.2) is 34.7 Å². The Bertz CT molecular complexity index is 249. The quantitative estimate of drug-likeness (QED) is 0.722. The highest BCUT2D eigenvalue weighted by Gasteiger charge is 2.44. The second-order valence-corrected chi connectivity index (χ2v) is 5.07. The number of hydrogen-bond acceptors (Lipinski definition) is 3. The minimum Gasteiger partial charge on any atom is -0.396 e. The SMILES string of the molecule is CC(CO)CN1NC2(CCCC2)CC1=O. The zero-order valence-corrected chi connectivity index (χ0v) is 9.33. The van der Waals surface area contributed by atoms with E-state index >= 15 is 0 Å². The van der Waals surface area contributed by atoms with E-state index in [4.69, 9.17) is 5.11 Å². The van der Waals surface area contributed by atoms with E-state index in [2.05, 4.69) is 5.43 Å². The summed E-state index contributed by atoms with van der Waals surface area (Å²) >= 11 is 0. The number of aliphatic hydroxyl groups excluding tert-OH is 1. The molecule has 1 aliphatic heterocycles. The van der Waals surface area contributed by atoms with E-state index in [0.717, 1.165) is 12.8 Å². The molecule has 1 atom stereocenters. The molecule has 0 aromatic rings. The third-order valence-corrected chi connectivity index (χ3v) is 3.53. The fraction of sp³-hybridized carbons (Fsp3) is 0.909. The normalized spacial score (nSPS) is 26.5. The third-order valence-electron chi connectivity index (χ3n) is 3.53. The van der Waals surface area contributed by atoms with Crippen LogP contribution in [-0.2, 0) is 4.79 Å². The Hall–Kier alpha value is -0.610. The standard InChI is InChI=1S/C11H20N2O2/c1-9(8-14)7-13-10(15)6-11(12-13)4-2-3-5-11/h9,12,14H,2-8H2,1H3. The monoisotopic (exact) mass is 212 g/mol. The number of carbonyl (C=O) groups excluding carboxylic acids is 1. The lowest BCUT2D eigenvalue weighted by Crippen LogP contribution is -2.46. The van der Waals surface area contributed by atoms with E-state index in [1.807, 2.05) is 6.92 Å². The molecule has 1 aliphatic carbocycles. The van der Waals surface area contributed by atoms with Gasteiger partial charge in [-0.15, -0.1) is 0 Å². The van der Waals surface area contributed by atoms with E-state index in [9.17, 15) is 4.79 Å². The molecular formula is C11H20N2O2. The van der Waals surface area contributed by atoms with Gasteiger partial charge in [0.15, 0.2) is 0 Å². The predicted octanol–water partition coefficient (Wildman–Crippen LogP) is 0.664. The fourth-order valence-electron chi connectivity index (χ4n) is 2.63. The third kappa shape index (κ3) is 2.16. The Labute approximate surface area is 90.6 Å². The molecule has 2 aliphatic rings. The maximum absolute atomic E-state index is 11.8. The molecule has 1 amide bonds. The average molecular weight is 212 g/mol. The maximum atomic E-state index is 11.8. The average Bonchev–Trinajstić information content (AvgIpc) is 2.76. The lowest BCUT2D eigenvalue weighted by molar-refractivity contribution is -0.130. The van der Waals surface area contributed by atoms with Crippen molar-refractivity contribution in [1.82, 2.24) is 10.4 Å². The van der Waals surface area contributed by atoms with Crippen molar-refractivity contribution < 1.29 is 9.90 Å². The maximum Gasteiger partial charge on any atom is 0.238 e. The Kier molecular flexibility index (Phi) is 2.98. The first kappa shape index (κ1) is 10.9. The van der Waals surface area contributed by atoms with Crippen molar-refractivity contribution in [2.75, 3.05) is 13.2 Å². The second kappa shape index (κ2) is 4.10. The van der Waals surface area contributed by atoms with Crippen LogP contribution in [0, 0.1) is 5.92 Å². The zero-order chi connectivity index (χ0) is 10.9. The van der Waals surface area contributed by atoms with Crippen LogP contribution in [0.5, 0.6) is 0 Å². The summed E-state index contributed by atoms with van der Waals surface area (Å²) in [6.07, 6.45) is 5.32. The van der Waals surface area contributed by atoms with E-state index in [-0.39, 0.29) is 24.0 Å². The highest BCUT2D eigenvalue weighted by Crippen LogP contribution is 2.36. The van der Waals surface area contributed by atoms with Crippen molar-refractivity contribution in [3.05, 3.63) is 0 Å². The molecule has 1 spiro atoms. The van der Waals surface area contributed by atoms with Crippen LogP contribution in [0.15, 0.2) is 0 Å². The van der Waals surface area contributed by atoms with Gasteiger partial charge in [0.2, 0.25) is 5.91 Å². The van der Waals surface area contributed by atoms with E-state index < -0.39 is 0 Å². The molecular weight excluding hydrogens is 192 g/mol. The molecule has 0 bridgehead atoms. The Morgan fingerprint density at radius 3 is 2.80 bits per heavy atom. The molecule has 0 aromatic heterocycles. The van der Waals surface area contributed by atoms with Crippen molar-refractivity contribution in [3.63, 3.8) is 0 Å². The van der Waals surface area contributed by atoms with Crippen LogP contribution in [0.2, 0.25) is 0 Å². The van der Waals surface area contributed by atoms with Crippen molar-refractivity contribution in [2.45, 2.75) is 44.6 Å². The van der Waals surface area contributed by atoms with Gasteiger partial charge in [-0.3, -0.25) is 9.80 Å². The number of nitrogens with one attached hydrogen (secondary N) is 1. The Morgan fingerprint density at radius 1 is 1.53 bits per heavy atom. The molecule has 4 nitrogen and oxygen atoms in total. The highest BCUT2D eigenvalue weighted by atomic mass is 16.3. The zero-order valence-electron chi connectivity index (χ0n) is 9.33. The number of carbonyl (C=O) groups is 1. The molecule has 2 rings (SSSR count). The highest BCUT2D eigenvalue weighted by molar-refractivity contribution is 5.79. The van der Waals surface area contributed by atoms with Gasteiger partial charge in [-0.2, -0.15) is 0 Å². The van der Waals surface area contributed by atoms with Crippen LogP contribution in [0.25, 0.3) is 0 Å². The lowest BCUT2D eigenvalue weighted by atomic mass is 9.96. The summed E-state index contributed by atoms with van der Waals surface area (Å²) in [6, 6.07) is 0. The summed E-state index contributed by atoms with van der Waals surface area (Å²) in [7, 11) is 0. The number of hydrazine groups is 1. The van der Waals surface area contributed by atoms with Crippen LogP contribution in [0.3, 0.4) is 0 Å². The van der Waals surface area contributed by atoms with Gasteiger partial charge in [-0.25, -0.2) is 5.43 Å². The second-order valence-electron chi connectivity index (χ2n) is 5.07. The van der Waals surface area contributed by atoms with Gasteiger partial charge in [-0.05, 0) is 18.8 Å². The fourth-order valence-corrected chi connectivity index (χ4v) is 2.63. The number of amides is 1. The lowest BCUT2D eigenvalue weighted by Gasteiger charge is -2.26. The molecule has 2 N–H and O–H groups in total. The largest absolute Gasteiger partial charge is 0.396 e. The molecule has 86 valence electrons. The van der Waals surface area contributed by atoms with E-state index in [1.54, 1.807) is 5.01 Å². The molecule has 2 fully saturated rings. The van der Waals surface area contributed by atoms with Crippen molar-refractivity contribution in [3.8, 4) is 0 Å². The molecule has 0 radical (unpaired) electrons. The molecule has 1 unspecified atom stereocenters. The number of rotatable bonds is 3. The van der Waals surface area contributed by atoms with Crippen LogP contribution < -0.4 is 5.43 Å². The topological polar surface area (TPSA) is 52.6 Å². The van der Waals surface area contributed by atoms with Crippen LogP contribution in [0.1, 0.15) is 39.0 Å².